The molecule has 0 spiro atoms. The van der Waals surface area contributed by atoms with Gasteiger partial charge in [-0.1, -0.05) is 34.1 Å². The first-order valence-corrected chi connectivity index (χ1v) is 7.83. The lowest BCUT2D eigenvalue weighted by Crippen LogP contribution is -2.35. The third kappa shape index (κ3) is 4.32. The smallest absolute Gasteiger partial charge is 0.333 e. The van der Waals surface area contributed by atoms with Gasteiger partial charge in [0.2, 0.25) is 0 Å². The zero-order chi connectivity index (χ0) is 16.8. The van der Waals surface area contributed by atoms with Crippen molar-refractivity contribution in [1.29, 1.82) is 0 Å². The van der Waals surface area contributed by atoms with Crippen LogP contribution in [0.3, 0.4) is 0 Å². The molecular weight excluding hydrogens is 362 g/mol. The first-order chi connectivity index (χ1) is 11.0. The van der Waals surface area contributed by atoms with Crippen molar-refractivity contribution < 1.29 is 19.4 Å². The lowest BCUT2D eigenvalue weighted by atomic mass is 10.0. The highest BCUT2D eigenvalue weighted by Crippen LogP contribution is 2.28. The Bertz CT molecular complexity index is 703. The highest BCUT2D eigenvalue weighted by Gasteiger charge is 2.27. The molecule has 0 fully saturated rings. The Morgan fingerprint density at radius 1 is 1.22 bits per heavy atom. The standard InChI is InChI=1S/C17H16BrNO4/c1-2-23-17(22)15(13-10-12(18)8-9-14(13)20)19-16(21)11-6-4-3-5-7-11/h3-10,15,20H,2H2,1H3,(H,19,21). The summed E-state index contributed by atoms with van der Waals surface area (Å²) in [6, 6.07) is 12.1. The van der Waals surface area contributed by atoms with Crippen molar-refractivity contribution >= 4 is 27.8 Å². The van der Waals surface area contributed by atoms with Crippen LogP contribution in [0.2, 0.25) is 0 Å². The summed E-state index contributed by atoms with van der Waals surface area (Å²) < 4.78 is 5.68. The van der Waals surface area contributed by atoms with Gasteiger partial charge in [-0.3, -0.25) is 4.79 Å². The second-order valence-electron chi connectivity index (χ2n) is 4.73. The van der Waals surface area contributed by atoms with Gasteiger partial charge in [-0.25, -0.2) is 4.79 Å². The molecule has 0 aliphatic heterocycles. The number of amides is 1. The number of hydrogen-bond acceptors (Lipinski definition) is 4. The summed E-state index contributed by atoms with van der Waals surface area (Å²) in [5, 5.41) is 12.6. The third-order valence-electron chi connectivity index (χ3n) is 3.13. The maximum atomic E-state index is 12.3. The fraction of sp³-hybridized carbons (Fsp3) is 0.176. The summed E-state index contributed by atoms with van der Waals surface area (Å²) in [4.78, 5) is 24.5. The molecule has 23 heavy (non-hydrogen) atoms. The lowest BCUT2D eigenvalue weighted by molar-refractivity contribution is -0.145. The fourth-order valence-corrected chi connectivity index (χ4v) is 2.43. The Hall–Kier alpha value is -2.34. The highest BCUT2D eigenvalue weighted by molar-refractivity contribution is 9.10. The van der Waals surface area contributed by atoms with Crippen molar-refractivity contribution in [3.8, 4) is 5.75 Å². The molecule has 0 bridgehead atoms. The second kappa shape index (κ2) is 7.78. The van der Waals surface area contributed by atoms with E-state index in [9.17, 15) is 14.7 Å². The van der Waals surface area contributed by atoms with Crippen LogP contribution >= 0.6 is 15.9 Å². The number of halogens is 1. The van der Waals surface area contributed by atoms with Crippen LogP contribution in [0.25, 0.3) is 0 Å². The van der Waals surface area contributed by atoms with Crippen LogP contribution in [-0.2, 0) is 9.53 Å². The molecular formula is C17H16BrNO4. The summed E-state index contributed by atoms with van der Waals surface area (Å²) in [6.45, 7) is 1.85. The van der Waals surface area contributed by atoms with E-state index < -0.39 is 17.9 Å². The number of hydrogen-bond donors (Lipinski definition) is 2. The van der Waals surface area contributed by atoms with Gasteiger partial charge < -0.3 is 15.2 Å². The molecule has 1 amide bonds. The van der Waals surface area contributed by atoms with Crippen LogP contribution in [0.1, 0.15) is 28.9 Å². The lowest BCUT2D eigenvalue weighted by Gasteiger charge is -2.19. The Morgan fingerprint density at radius 3 is 2.57 bits per heavy atom. The van der Waals surface area contributed by atoms with Gasteiger partial charge in [0.15, 0.2) is 6.04 Å². The van der Waals surface area contributed by atoms with Crippen molar-refractivity contribution in [3.63, 3.8) is 0 Å². The first kappa shape index (κ1) is 17.0. The van der Waals surface area contributed by atoms with E-state index in [0.29, 0.717) is 10.0 Å². The van der Waals surface area contributed by atoms with E-state index in [-0.39, 0.29) is 17.9 Å². The van der Waals surface area contributed by atoms with Crippen LogP contribution in [0.5, 0.6) is 5.75 Å². The number of ether oxygens (including phenoxy) is 1. The zero-order valence-corrected chi connectivity index (χ0v) is 14.0. The van der Waals surface area contributed by atoms with Gasteiger partial charge in [0, 0.05) is 15.6 Å². The minimum absolute atomic E-state index is 0.0976. The minimum Gasteiger partial charge on any atom is -0.508 e. The zero-order valence-electron chi connectivity index (χ0n) is 12.5. The number of nitrogens with one attached hydrogen (secondary N) is 1. The first-order valence-electron chi connectivity index (χ1n) is 7.04. The summed E-state index contributed by atoms with van der Waals surface area (Å²) in [7, 11) is 0. The van der Waals surface area contributed by atoms with E-state index in [4.69, 9.17) is 4.74 Å². The van der Waals surface area contributed by atoms with Crippen molar-refractivity contribution in [2.45, 2.75) is 13.0 Å². The summed E-state index contributed by atoms with van der Waals surface area (Å²) >= 11 is 3.29. The molecule has 1 atom stereocenters. The molecule has 0 aliphatic carbocycles. The van der Waals surface area contributed by atoms with Gasteiger partial charge >= 0.3 is 5.97 Å². The maximum absolute atomic E-state index is 12.3. The predicted molar refractivity (Wildman–Crippen MR) is 89.1 cm³/mol. The number of phenolic OH excluding ortho intramolecular Hbond substituents is 1. The topological polar surface area (TPSA) is 75.6 Å². The molecule has 120 valence electrons. The summed E-state index contributed by atoms with van der Waals surface area (Å²) in [5.74, 6) is -1.16. The van der Waals surface area contributed by atoms with E-state index >= 15 is 0 Å². The summed E-state index contributed by atoms with van der Waals surface area (Å²) in [6.07, 6.45) is 0. The molecule has 0 heterocycles. The van der Waals surface area contributed by atoms with E-state index in [1.165, 1.54) is 6.07 Å². The average molecular weight is 378 g/mol. The van der Waals surface area contributed by atoms with Crippen LogP contribution in [-0.4, -0.2) is 23.6 Å². The van der Waals surface area contributed by atoms with Crippen molar-refractivity contribution in [2.24, 2.45) is 0 Å². The van der Waals surface area contributed by atoms with E-state index in [0.717, 1.165) is 0 Å². The Kier molecular flexibility index (Phi) is 5.76. The molecule has 2 rings (SSSR count). The van der Waals surface area contributed by atoms with Gasteiger partial charge in [0.1, 0.15) is 5.75 Å². The largest absolute Gasteiger partial charge is 0.508 e. The van der Waals surface area contributed by atoms with Gasteiger partial charge in [0.25, 0.3) is 5.91 Å². The molecule has 2 aromatic rings. The van der Waals surface area contributed by atoms with Gasteiger partial charge in [-0.05, 0) is 37.3 Å². The molecule has 1 unspecified atom stereocenters. The average Bonchev–Trinajstić information content (AvgIpc) is 2.56. The van der Waals surface area contributed by atoms with E-state index in [1.54, 1.807) is 49.4 Å². The number of rotatable bonds is 5. The van der Waals surface area contributed by atoms with Gasteiger partial charge in [-0.2, -0.15) is 0 Å². The van der Waals surface area contributed by atoms with Crippen molar-refractivity contribution in [2.75, 3.05) is 6.61 Å². The number of aromatic hydroxyl groups is 1. The summed E-state index contributed by atoms with van der Waals surface area (Å²) in [5.41, 5.74) is 0.679. The molecule has 2 N–H and O–H groups in total. The molecule has 0 radical (unpaired) electrons. The van der Waals surface area contributed by atoms with Crippen LogP contribution in [0, 0.1) is 0 Å². The molecule has 5 nitrogen and oxygen atoms in total. The monoisotopic (exact) mass is 377 g/mol. The van der Waals surface area contributed by atoms with Crippen LogP contribution in [0.15, 0.2) is 53.0 Å². The molecule has 0 aromatic heterocycles. The molecule has 0 aliphatic rings. The van der Waals surface area contributed by atoms with Crippen molar-refractivity contribution in [1.82, 2.24) is 5.32 Å². The predicted octanol–water partition coefficient (Wildman–Crippen LogP) is 3.19. The van der Waals surface area contributed by atoms with Gasteiger partial charge in [-0.15, -0.1) is 0 Å². The number of carbonyl (C=O) groups is 2. The molecule has 0 saturated heterocycles. The highest BCUT2D eigenvalue weighted by atomic mass is 79.9. The Labute approximate surface area is 142 Å². The Balaban J connectivity index is 2.33. The molecule has 2 aromatic carbocycles. The quantitative estimate of drug-likeness (QED) is 0.784. The van der Waals surface area contributed by atoms with E-state index in [2.05, 4.69) is 21.2 Å². The number of esters is 1. The SMILES string of the molecule is CCOC(=O)C(NC(=O)c1ccccc1)c1cc(Br)ccc1O. The van der Waals surface area contributed by atoms with Crippen LogP contribution in [0.4, 0.5) is 0 Å². The molecule has 6 heteroatoms. The fourth-order valence-electron chi connectivity index (χ4n) is 2.05. The van der Waals surface area contributed by atoms with Crippen molar-refractivity contribution in [3.05, 3.63) is 64.1 Å². The number of benzene rings is 2. The van der Waals surface area contributed by atoms with Gasteiger partial charge in [0.05, 0.1) is 6.61 Å². The second-order valence-corrected chi connectivity index (χ2v) is 5.64. The molecule has 0 saturated carbocycles. The van der Waals surface area contributed by atoms with Crippen LogP contribution < -0.4 is 5.32 Å². The Morgan fingerprint density at radius 2 is 1.91 bits per heavy atom. The minimum atomic E-state index is -1.10. The van der Waals surface area contributed by atoms with E-state index in [1.807, 2.05) is 0 Å². The normalized spacial score (nSPS) is 11.6. The maximum Gasteiger partial charge on any atom is 0.333 e. The number of phenols is 1. The number of carbonyl (C=O) groups excluding carboxylic acids is 2. The third-order valence-corrected chi connectivity index (χ3v) is 3.63.